The Kier molecular flexibility index (Phi) is 2.45. The zero-order chi connectivity index (χ0) is 8.27. The fourth-order valence-corrected chi connectivity index (χ4v) is 0.638. The van der Waals surface area contributed by atoms with E-state index >= 15 is 0 Å². The highest BCUT2D eigenvalue weighted by Crippen LogP contribution is 2.10. The number of nitrogens with zero attached hydrogens (tertiary/aromatic N) is 1. The molecule has 0 atom stereocenters. The molecule has 1 aliphatic rings. The topological polar surface area (TPSA) is 59.0 Å². The fraction of sp³-hybridized carbons (Fsp3) is 0.500. The van der Waals surface area contributed by atoms with E-state index in [2.05, 4.69) is 6.58 Å². The molecule has 0 aromatic rings. The van der Waals surface area contributed by atoms with Crippen molar-refractivity contribution in [1.29, 1.82) is 0 Å². The average Bonchev–Trinajstić information content (AvgIpc) is 2.31. The van der Waals surface area contributed by atoms with Crippen molar-refractivity contribution in [3.05, 3.63) is 12.3 Å². The van der Waals surface area contributed by atoms with Crippen LogP contribution in [0.3, 0.4) is 0 Å². The molecule has 62 valence electrons. The number of rotatable bonds is 3. The van der Waals surface area contributed by atoms with E-state index in [1.807, 2.05) is 0 Å². The number of hydrogen-bond acceptors (Lipinski definition) is 4. The van der Waals surface area contributed by atoms with E-state index in [0.717, 1.165) is 5.23 Å². The first-order chi connectivity index (χ1) is 5.18. The first-order valence-electron chi connectivity index (χ1n) is 3.16. The molecule has 1 aliphatic heterocycles. The molecule has 1 heterocycles. The summed E-state index contributed by atoms with van der Waals surface area (Å²) < 4.78 is 0. The van der Waals surface area contributed by atoms with Crippen LogP contribution in [-0.2, 0) is 14.5 Å². The zero-order valence-corrected chi connectivity index (χ0v) is 5.95. The van der Waals surface area contributed by atoms with Crippen LogP contribution in [0.25, 0.3) is 0 Å². The number of carboxylic acid groups (broad SMARTS) is 1. The Labute approximate surface area is 63.7 Å². The monoisotopic (exact) mass is 159 g/mol. The molecule has 0 saturated carbocycles. The summed E-state index contributed by atoms with van der Waals surface area (Å²) in [5.41, 5.74) is 0. The third-order valence-electron chi connectivity index (χ3n) is 1.11. The van der Waals surface area contributed by atoms with Gasteiger partial charge in [-0.2, -0.15) is 0 Å². The molecular formula is C6H9NO4. The maximum atomic E-state index is 10.1. The van der Waals surface area contributed by atoms with E-state index in [1.165, 1.54) is 0 Å². The molecule has 0 radical (unpaired) electrons. The summed E-state index contributed by atoms with van der Waals surface area (Å²) in [4.78, 5) is 19.8. The number of hydrogen-bond donors (Lipinski definition) is 1. The smallest absolute Gasteiger partial charge is 0.304 e. The van der Waals surface area contributed by atoms with Gasteiger partial charge in [0, 0.05) is 0 Å². The van der Waals surface area contributed by atoms with Crippen molar-refractivity contribution >= 4 is 5.97 Å². The lowest BCUT2D eigenvalue weighted by Gasteiger charge is -2.09. The molecule has 0 bridgehead atoms. The van der Waals surface area contributed by atoms with E-state index < -0.39 is 5.97 Å². The predicted molar refractivity (Wildman–Crippen MR) is 35.1 cm³/mol. The van der Waals surface area contributed by atoms with E-state index in [0.29, 0.717) is 12.4 Å². The minimum absolute atomic E-state index is 0.00667. The second-order valence-electron chi connectivity index (χ2n) is 2.10. The molecule has 1 rings (SSSR count). The van der Waals surface area contributed by atoms with E-state index in [4.69, 9.17) is 14.8 Å². The van der Waals surface area contributed by atoms with Crippen LogP contribution in [-0.4, -0.2) is 29.5 Å². The Morgan fingerprint density at radius 2 is 2.55 bits per heavy atom. The van der Waals surface area contributed by atoms with Gasteiger partial charge in [0.15, 0.2) is 0 Å². The number of carbonyl (C=O) groups is 1. The van der Waals surface area contributed by atoms with Crippen LogP contribution in [0.2, 0.25) is 0 Å². The zero-order valence-electron chi connectivity index (χ0n) is 5.95. The van der Waals surface area contributed by atoms with Gasteiger partial charge in [-0.15, -0.1) is 0 Å². The third-order valence-corrected chi connectivity index (χ3v) is 1.11. The van der Waals surface area contributed by atoms with Crippen molar-refractivity contribution in [1.82, 2.24) is 5.23 Å². The van der Waals surface area contributed by atoms with Crippen molar-refractivity contribution in [3.63, 3.8) is 0 Å². The van der Waals surface area contributed by atoms with Gasteiger partial charge in [0.25, 0.3) is 0 Å². The first-order valence-corrected chi connectivity index (χ1v) is 3.16. The highest BCUT2D eigenvalue weighted by atomic mass is 17.0. The lowest BCUT2D eigenvalue weighted by atomic mass is 10.4. The number of hydroxylamine groups is 2. The molecule has 5 heteroatoms. The van der Waals surface area contributed by atoms with Crippen LogP contribution >= 0.6 is 0 Å². The SMILES string of the molecule is C=C1CON(CCC(=O)O)O1. The van der Waals surface area contributed by atoms with Gasteiger partial charge in [-0.05, 0) is 5.23 Å². The minimum Gasteiger partial charge on any atom is -0.481 e. The lowest BCUT2D eigenvalue weighted by Crippen LogP contribution is -2.19. The van der Waals surface area contributed by atoms with Gasteiger partial charge < -0.3 is 9.94 Å². The van der Waals surface area contributed by atoms with Crippen LogP contribution < -0.4 is 0 Å². The summed E-state index contributed by atoms with van der Waals surface area (Å²) in [5.74, 6) is -0.384. The molecule has 5 nitrogen and oxygen atoms in total. The van der Waals surface area contributed by atoms with E-state index in [1.54, 1.807) is 0 Å². The van der Waals surface area contributed by atoms with Gasteiger partial charge in [-0.25, -0.2) is 0 Å². The lowest BCUT2D eigenvalue weighted by molar-refractivity contribution is -0.290. The third kappa shape index (κ3) is 2.57. The van der Waals surface area contributed by atoms with Crippen molar-refractivity contribution < 1.29 is 19.6 Å². The summed E-state index contributed by atoms with van der Waals surface area (Å²) in [6, 6.07) is 0. The van der Waals surface area contributed by atoms with E-state index in [-0.39, 0.29) is 13.0 Å². The minimum atomic E-state index is -0.880. The summed E-state index contributed by atoms with van der Waals surface area (Å²) >= 11 is 0. The standard InChI is InChI=1S/C6H9NO4/c1-5-4-10-7(11-5)3-2-6(8)9/h1-4H2,(H,8,9). The van der Waals surface area contributed by atoms with Crippen LogP contribution in [0.15, 0.2) is 12.3 Å². The van der Waals surface area contributed by atoms with Gasteiger partial charge >= 0.3 is 5.97 Å². The molecule has 0 spiro atoms. The Morgan fingerprint density at radius 3 is 3.00 bits per heavy atom. The summed E-state index contributed by atoms with van der Waals surface area (Å²) in [6.45, 7) is 4.02. The molecule has 0 aromatic carbocycles. The van der Waals surface area contributed by atoms with Gasteiger partial charge in [-0.1, -0.05) is 6.58 Å². The van der Waals surface area contributed by atoms with Crippen LogP contribution in [0.4, 0.5) is 0 Å². The highest BCUT2D eigenvalue weighted by Gasteiger charge is 2.17. The van der Waals surface area contributed by atoms with Crippen molar-refractivity contribution in [2.24, 2.45) is 0 Å². The Bertz CT molecular complexity index is 179. The molecule has 11 heavy (non-hydrogen) atoms. The number of aliphatic carboxylic acids is 1. The molecule has 1 fully saturated rings. The van der Waals surface area contributed by atoms with Crippen molar-refractivity contribution in [2.45, 2.75) is 6.42 Å². The van der Waals surface area contributed by atoms with Gasteiger partial charge in [-0.3, -0.25) is 9.63 Å². The quantitative estimate of drug-likeness (QED) is 0.635. The summed E-state index contributed by atoms with van der Waals surface area (Å²) in [5, 5.41) is 9.40. The maximum absolute atomic E-state index is 10.1. The largest absolute Gasteiger partial charge is 0.481 e. The summed E-state index contributed by atoms with van der Waals surface area (Å²) in [6.07, 6.45) is -0.00667. The maximum Gasteiger partial charge on any atom is 0.304 e. The van der Waals surface area contributed by atoms with Crippen molar-refractivity contribution in [2.75, 3.05) is 13.2 Å². The van der Waals surface area contributed by atoms with Gasteiger partial charge in [0.1, 0.15) is 12.4 Å². The molecule has 0 aliphatic carbocycles. The first kappa shape index (κ1) is 8.03. The fourth-order valence-electron chi connectivity index (χ4n) is 0.638. The Balaban J connectivity index is 2.18. The molecule has 0 aromatic heterocycles. The molecule has 1 saturated heterocycles. The van der Waals surface area contributed by atoms with Gasteiger partial charge in [0.05, 0.1) is 13.0 Å². The van der Waals surface area contributed by atoms with Crippen LogP contribution in [0, 0.1) is 0 Å². The highest BCUT2D eigenvalue weighted by molar-refractivity contribution is 5.66. The molecule has 0 amide bonds. The predicted octanol–water partition coefficient (Wildman–Crippen LogP) is 0.154. The molecular weight excluding hydrogens is 150 g/mol. The number of carboxylic acids is 1. The summed E-state index contributed by atoms with van der Waals surface area (Å²) in [7, 11) is 0. The van der Waals surface area contributed by atoms with Crippen LogP contribution in [0.5, 0.6) is 0 Å². The second kappa shape index (κ2) is 3.36. The molecule has 0 unspecified atom stereocenters. The Hall–Kier alpha value is -1.07. The Morgan fingerprint density at radius 1 is 1.82 bits per heavy atom. The molecule has 1 N–H and O–H groups in total. The van der Waals surface area contributed by atoms with Crippen molar-refractivity contribution in [3.8, 4) is 0 Å². The second-order valence-corrected chi connectivity index (χ2v) is 2.10. The van der Waals surface area contributed by atoms with Crippen LogP contribution in [0.1, 0.15) is 6.42 Å². The van der Waals surface area contributed by atoms with E-state index in [9.17, 15) is 4.79 Å². The average molecular weight is 159 g/mol. The van der Waals surface area contributed by atoms with Gasteiger partial charge in [0.2, 0.25) is 0 Å². The normalized spacial score (nSPS) is 18.4.